The Balaban J connectivity index is 2.16. The smallest absolute Gasteiger partial charge is 0.270 e. The predicted octanol–water partition coefficient (Wildman–Crippen LogP) is 2.39. The number of amides is 1. The Hall–Kier alpha value is -1.47. The van der Waals surface area contributed by atoms with E-state index in [2.05, 4.69) is 21.2 Å². The summed E-state index contributed by atoms with van der Waals surface area (Å²) >= 11 is 3.21. The molecule has 2 atom stereocenters. The molecular formula is C13H15BrN2O4. The van der Waals surface area contributed by atoms with Crippen molar-refractivity contribution in [2.75, 3.05) is 0 Å². The lowest BCUT2D eigenvalue weighted by molar-refractivity contribution is -0.384. The number of carbonyl (C=O) groups excluding carboxylic acids is 1. The van der Waals surface area contributed by atoms with Crippen LogP contribution in [0.25, 0.3) is 0 Å². The van der Waals surface area contributed by atoms with Crippen LogP contribution < -0.4 is 5.32 Å². The summed E-state index contributed by atoms with van der Waals surface area (Å²) in [5.41, 5.74) is 0.0690. The second kappa shape index (κ2) is 6.32. The molecular weight excluding hydrogens is 328 g/mol. The van der Waals surface area contributed by atoms with E-state index in [1.54, 1.807) is 0 Å². The number of aliphatic hydroxyl groups is 1. The Labute approximate surface area is 124 Å². The van der Waals surface area contributed by atoms with Gasteiger partial charge in [-0.25, -0.2) is 0 Å². The Bertz CT molecular complexity index is 535. The molecule has 0 unspecified atom stereocenters. The van der Waals surface area contributed by atoms with Gasteiger partial charge in [-0.2, -0.15) is 0 Å². The van der Waals surface area contributed by atoms with Crippen molar-refractivity contribution < 1.29 is 14.8 Å². The van der Waals surface area contributed by atoms with Crippen molar-refractivity contribution in [2.45, 2.75) is 37.8 Å². The molecule has 1 aliphatic rings. The number of carbonyl (C=O) groups is 1. The van der Waals surface area contributed by atoms with Gasteiger partial charge in [0, 0.05) is 16.6 Å². The van der Waals surface area contributed by atoms with Gasteiger partial charge in [0.25, 0.3) is 11.6 Å². The van der Waals surface area contributed by atoms with Crippen LogP contribution in [-0.4, -0.2) is 28.1 Å². The van der Waals surface area contributed by atoms with E-state index in [0.29, 0.717) is 10.9 Å². The molecule has 2 N–H and O–H groups in total. The molecule has 0 spiro atoms. The number of aliphatic hydroxyl groups excluding tert-OH is 1. The summed E-state index contributed by atoms with van der Waals surface area (Å²) in [6.07, 6.45) is 2.75. The van der Waals surface area contributed by atoms with Crippen LogP contribution in [0.15, 0.2) is 22.7 Å². The van der Waals surface area contributed by atoms with Gasteiger partial charge in [-0.1, -0.05) is 12.8 Å². The highest BCUT2D eigenvalue weighted by molar-refractivity contribution is 9.10. The fraction of sp³-hybridized carbons (Fsp3) is 0.462. The number of benzene rings is 1. The van der Waals surface area contributed by atoms with Crippen LogP contribution in [0.2, 0.25) is 0 Å². The van der Waals surface area contributed by atoms with Gasteiger partial charge in [-0.15, -0.1) is 0 Å². The molecule has 1 saturated carbocycles. The Morgan fingerprint density at radius 2 is 2.10 bits per heavy atom. The maximum atomic E-state index is 12.2. The number of halogens is 1. The summed E-state index contributed by atoms with van der Waals surface area (Å²) in [5, 5.41) is 23.3. The minimum atomic E-state index is -0.551. The highest BCUT2D eigenvalue weighted by atomic mass is 79.9. The summed E-state index contributed by atoms with van der Waals surface area (Å²) < 4.78 is 0.492. The Morgan fingerprint density at radius 3 is 2.75 bits per heavy atom. The fourth-order valence-electron chi connectivity index (χ4n) is 2.33. The minimum absolute atomic E-state index is 0.137. The predicted molar refractivity (Wildman–Crippen MR) is 76.5 cm³/mol. The van der Waals surface area contributed by atoms with Gasteiger partial charge in [-0.05, 0) is 34.8 Å². The molecule has 108 valence electrons. The van der Waals surface area contributed by atoms with Crippen LogP contribution in [0.1, 0.15) is 36.0 Å². The number of non-ortho nitro benzene ring substituents is 1. The van der Waals surface area contributed by atoms with Gasteiger partial charge < -0.3 is 10.4 Å². The van der Waals surface area contributed by atoms with Crippen molar-refractivity contribution >= 4 is 27.5 Å². The third-order valence-electron chi connectivity index (χ3n) is 3.45. The first-order chi connectivity index (χ1) is 9.49. The first-order valence-corrected chi connectivity index (χ1v) is 7.21. The summed E-state index contributed by atoms with van der Waals surface area (Å²) in [6, 6.07) is 3.75. The van der Waals surface area contributed by atoms with Gasteiger partial charge >= 0.3 is 0 Å². The first-order valence-electron chi connectivity index (χ1n) is 6.42. The SMILES string of the molecule is O=C(N[C@@H]1CCCC[C@H]1O)c1cc([N+](=O)[O-])ccc1Br. The third-order valence-corrected chi connectivity index (χ3v) is 4.14. The number of nitrogens with one attached hydrogen (secondary N) is 1. The molecule has 1 aromatic rings. The van der Waals surface area contributed by atoms with E-state index in [1.807, 2.05) is 0 Å². The second-order valence-corrected chi connectivity index (χ2v) is 5.71. The van der Waals surface area contributed by atoms with Gasteiger partial charge in [0.15, 0.2) is 0 Å². The van der Waals surface area contributed by atoms with Gasteiger partial charge in [0.05, 0.1) is 22.6 Å². The van der Waals surface area contributed by atoms with E-state index in [9.17, 15) is 20.0 Å². The highest BCUT2D eigenvalue weighted by Crippen LogP contribution is 2.24. The van der Waals surface area contributed by atoms with Crippen LogP contribution in [0.4, 0.5) is 5.69 Å². The largest absolute Gasteiger partial charge is 0.391 e. The molecule has 1 amide bonds. The molecule has 0 aliphatic heterocycles. The Morgan fingerprint density at radius 1 is 1.40 bits per heavy atom. The van der Waals surface area contributed by atoms with E-state index in [-0.39, 0.29) is 17.3 Å². The fourth-order valence-corrected chi connectivity index (χ4v) is 2.75. The number of nitrogens with zero attached hydrogens (tertiary/aromatic N) is 1. The molecule has 0 saturated heterocycles. The number of nitro groups is 1. The molecule has 2 rings (SSSR count). The Kier molecular flexibility index (Phi) is 4.72. The van der Waals surface area contributed by atoms with Crippen LogP contribution in [0, 0.1) is 10.1 Å². The molecule has 0 radical (unpaired) electrons. The molecule has 6 nitrogen and oxygen atoms in total. The first kappa shape index (κ1) is 14.9. The average molecular weight is 343 g/mol. The summed E-state index contributed by atoms with van der Waals surface area (Å²) in [6.45, 7) is 0. The van der Waals surface area contributed by atoms with Crippen molar-refractivity contribution in [3.8, 4) is 0 Å². The van der Waals surface area contributed by atoms with E-state index in [0.717, 1.165) is 19.3 Å². The number of hydrogen-bond acceptors (Lipinski definition) is 4. The molecule has 20 heavy (non-hydrogen) atoms. The maximum Gasteiger partial charge on any atom is 0.270 e. The van der Waals surface area contributed by atoms with Crippen LogP contribution >= 0.6 is 15.9 Å². The summed E-state index contributed by atoms with van der Waals surface area (Å²) in [4.78, 5) is 22.4. The van der Waals surface area contributed by atoms with Crippen LogP contribution in [0.3, 0.4) is 0 Å². The monoisotopic (exact) mass is 342 g/mol. The van der Waals surface area contributed by atoms with Gasteiger partial charge in [0.1, 0.15) is 0 Å². The van der Waals surface area contributed by atoms with E-state index in [4.69, 9.17) is 0 Å². The number of hydrogen-bond donors (Lipinski definition) is 2. The van der Waals surface area contributed by atoms with E-state index in [1.165, 1.54) is 18.2 Å². The van der Waals surface area contributed by atoms with Crippen LogP contribution in [0.5, 0.6) is 0 Å². The quantitative estimate of drug-likeness (QED) is 0.651. The van der Waals surface area contributed by atoms with Gasteiger partial charge in [0.2, 0.25) is 0 Å². The molecule has 1 aromatic carbocycles. The normalized spacial score (nSPS) is 22.3. The van der Waals surface area contributed by atoms with Crippen molar-refractivity contribution in [2.24, 2.45) is 0 Å². The molecule has 0 heterocycles. The topological polar surface area (TPSA) is 92.5 Å². The molecule has 0 aromatic heterocycles. The lowest BCUT2D eigenvalue weighted by Gasteiger charge is -2.28. The zero-order chi connectivity index (χ0) is 14.7. The lowest BCUT2D eigenvalue weighted by Crippen LogP contribution is -2.45. The van der Waals surface area contributed by atoms with E-state index >= 15 is 0 Å². The zero-order valence-electron chi connectivity index (χ0n) is 10.7. The number of nitro benzene ring substituents is 1. The minimum Gasteiger partial charge on any atom is -0.391 e. The average Bonchev–Trinajstić information content (AvgIpc) is 2.41. The molecule has 7 heteroatoms. The highest BCUT2D eigenvalue weighted by Gasteiger charge is 2.26. The zero-order valence-corrected chi connectivity index (χ0v) is 12.3. The standard InChI is InChI=1S/C13H15BrN2O4/c14-10-6-5-8(16(19)20)7-9(10)13(18)15-11-3-1-2-4-12(11)17/h5-7,11-12,17H,1-4H2,(H,15,18)/t11-,12-/m1/s1. The van der Waals surface area contributed by atoms with Crippen molar-refractivity contribution in [1.82, 2.24) is 5.32 Å². The van der Waals surface area contributed by atoms with Crippen molar-refractivity contribution in [1.29, 1.82) is 0 Å². The van der Waals surface area contributed by atoms with Crippen LogP contribution in [-0.2, 0) is 0 Å². The lowest BCUT2D eigenvalue weighted by atomic mass is 9.92. The summed E-state index contributed by atoms with van der Waals surface area (Å²) in [7, 11) is 0. The van der Waals surface area contributed by atoms with E-state index < -0.39 is 16.9 Å². The second-order valence-electron chi connectivity index (χ2n) is 4.85. The van der Waals surface area contributed by atoms with Crippen molar-refractivity contribution in [3.63, 3.8) is 0 Å². The third kappa shape index (κ3) is 3.34. The molecule has 1 aliphatic carbocycles. The van der Waals surface area contributed by atoms with Gasteiger partial charge in [-0.3, -0.25) is 14.9 Å². The molecule has 1 fully saturated rings. The summed E-state index contributed by atoms with van der Waals surface area (Å²) in [5.74, 6) is -0.411. The molecule has 0 bridgehead atoms. The van der Waals surface area contributed by atoms with Crippen molar-refractivity contribution in [3.05, 3.63) is 38.3 Å². The number of rotatable bonds is 3. The maximum absolute atomic E-state index is 12.2.